The summed E-state index contributed by atoms with van der Waals surface area (Å²) in [5.74, 6) is 0.470. The number of esters is 1. The number of benzene rings is 2. The largest absolute Gasteiger partial charge is 0.493 e. The maximum absolute atomic E-state index is 12.1. The maximum Gasteiger partial charge on any atom is 0.308 e. The van der Waals surface area contributed by atoms with E-state index in [2.05, 4.69) is 9.50 Å². The average Bonchev–Trinajstić information content (AvgIpc) is 2.92. The van der Waals surface area contributed by atoms with Gasteiger partial charge in [-0.3, -0.25) is 4.79 Å². The molecule has 8 nitrogen and oxygen atoms in total. The first-order valence-corrected chi connectivity index (χ1v) is 9.34. The van der Waals surface area contributed by atoms with Crippen molar-refractivity contribution < 1.29 is 22.7 Å². The lowest BCUT2D eigenvalue weighted by Gasteiger charge is -2.12. The highest BCUT2D eigenvalue weighted by Crippen LogP contribution is 2.28. The monoisotopic (exact) mass is 387 g/mol. The number of hydrazone groups is 1. The molecule has 140 valence electrons. The second kappa shape index (κ2) is 7.20. The van der Waals surface area contributed by atoms with Gasteiger partial charge in [0.05, 0.1) is 13.3 Å². The zero-order valence-corrected chi connectivity index (χ0v) is 15.7. The first-order valence-electron chi connectivity index (χ1n) is 7.90. The zero-order chi connectivity index (χ0) is 19.6. The Kier molecular flexibility index (Phi) is 4.95. The van der Waals surface area contributed by atoms with Gasteiger partial charge >= 0.3 is 5.97 Å². The van der Waals surface area contributed by atoms with Crippen LogP contribution in [0, 0.1) is 0 Å². The number of nitrogens with zero attached hydrogens (tertiary/aromatic N) is 3. The Bertz CT molecular complexity index is 1060. The molecule has 1 aliphatic heterocycles. The highest BCUT2D eigenvalue weighted by Gasteiger charge is 2.30. The molecule has 3 rings (SSSR count). The Hall–Kier alpha value is -3.20. The van der Waals surface area contributed by atoms with E-state index >= 15 is 0 Å². The van der Waals surface area contributed by atoms with Gasteiger partial charge < -0.3 is 9.47 Å². The number of fused-ring (bicyclic) bond motifs is 1. The normalized spacial score (nSPS) is 14.6. The lowest BCUT2D eigenvalue weighted by molar-refractivity contribution is -0.132. The fraction of sp³-hybridized carbons (Fsp3) is 0.167. The molecule has 1 aliphatic rings. The van der Waals surface area contributed by atoms with Gasteiger partial charge in [0.1, 0.15) is 4.90 Å². The van der Waals surface area contributed by atoms with Crippen LogP contribution in [-0.4, -0.2) is 45.6 Å². The Morgan fingerprint density at radius 1 is 1.19 bits per heavy atom. The quantitative estimate of drug-likeness (QED) is 0.345. The summed E-state index contributed by atoms with van der Waals surface area (Å²) in [6.07, 6.45) is 1.52. The fourth-order valence-corrected chi connectivity index (χ4v) is 3.76. The van der Waals surface area contributed by atoms with Crippen LogP contribution in [-0.2, 0) is 14.8 Å². The van der Waals surface area contributed by atoms with E-state index in [1.807, 2.05) is 0 Å². The number of hydrogen-bond donors (Lipinski definition) is 0. The number of sulfonamides is 1. The summed E-state index contributed by atoms with van der Waals surface area (Å²) in [7, 11) is -0.635. The number of carbonyl (C=O) groups excluding carboxylic acids is 1. The third-order valence-electron chi connectivity index (χ3n) is 3.74. The fourth-order valence-electron chi connectivity index (χ4n) is 2.53. The Labute approximate surface area is 156 Å². The van der Waals surface area contributed by atoms with Crippen molar-refractivity contribution in [1.82, 2.24) is 5.01 Å². The summed E-state index contributed by atoms with van der Waals surface area (Å²) in [6.45, 7) is 1.30. The van der Waals surface area contributed by atoms with Gasteiger partial charge in [-0.1, -0.05) is 12.1 Å². The molecule has 0 fully saturated rings. The van der Waals surface area contributed by atoms with E-state index in [-0.39, 0.29) is 10.7 Å². The Balaban J connectivity index is 1.86. The molecule has 0 bridgehead atoms. The first kappa shape index (κ1) is 18.6. The van der Waals surface area contributed by atoms with Crippen molar-refractivity contribution in [3.63, 3.8) is 0 Å². The topological polar surface area (TPSA) is 97.6 Å². The lowest BCUT2D eigenvalue weighted by Crippen LogP contribution is -2.21. The molecule has 0 aliphatic carbocycles. The van der Waals surface area contributed by atoms with Crippen LogP contribution in [0.5, 0.6) is 11.5 Å². The van der Waals surface area contributed by atoms with Gasteiger partial charge in [0.15, 0.2) is 17.3 Å². The van der Waals surface area contributed by atoms with E-state index in [4.69, 9.17) is 9.47 Å². The van der Waals surface area contributed by atoms with Gasteiger partial charge in [0, 0.05) is 19.5 Å². The van der Waals surface area contributed by atoms with Crippen molar-refractivity contribution in [2.24, 2.45) is 9.50 Å². The summed E-state index contributed by atoms with van der Waals surface area (Å²) in [5.41, 5.74) is 1.17. The minimum absolute atomic E-state index is 0.162. The predicted molar refractivity (Wildman–Crippen MR) is 99.8 cm³/mol. The number of methoxy groups -OCH3 is 1. The molecule has 0 radical (unpaired) electrons. The molecule has 0 saturated heterocycles. The molecule has 0 aromatic heterocycles. The molecular weight excluding hydrogens is 370 g/mol. The van der Waals surface area contributed by atoms with Crippen molar-refractivity contribution in [3.05, 3.63) is 53.6 Å². The average molecular weight is 387 g/mol. The van der Waals surface area contributed by atoms with Crippen molar-refractivity contribution in [1.29, 1.82) is 0 Å². The highest BCUT2D eigenvalue weighted by molar-refractivity contribution is 7.90. The molecule has 2 aromatic rings. The standard InChI is InChI=1S/C18H17N3O5S/c1-12(22)26-15-9-8-13(10-16(15)25-3)11-19-21(2)18-14-6-4-5-7-17(14)27(23,24)20-18/h4-11H,1-3H3/b19-11-. The first-order chi connectivity index (χ1) is 12.8. The molecule has 0 atom stereocenters. The maximum atomic E-state index is 12.1. The Morgan fingerprint density at radius 2 is 1.93 bits per heavy atom. The van der Waals surface area contributed by atoms with E-state index in [0.717, 1.165) is 0 Å². The minimum Gasteiger partial charge on any atom is -0.493 e. The molecule has 0 saturated carbocycles. The zero-order valence-electron chi connectivity index (χ0n) is 14.9. The summed E-state index contributed by atoms with van der Waals surface area (Å²) in [4.78, 5) is 11.3. The summed E-state index contributed by atoms with van der Waals surface area (Å²) in [6, 6.07) is 11.5. The van der Waals surface area contributed by atoms with Gasteiger partial charge in [0.2, 0.25) is 0 Å². The van der Waals surface area contributed by atoms with Crippen LogP contribution in [0.25, 0.3) is 0 Å². The summed E-state index contributed by atoms with van der Waals surface area (Å²) >= 11 is 0. The second-order valence-corrected chi connectivity index (χ2v) is 7.23. The van der Waals surface area contributed by atoms with Crippen LogP contribution in [0.1, 0.15) is 18.1 Å². The van der Waals surface area contributed by atoms with Gasteiger partial charge in [-0.2, -0.15) is 13.5 Å². The van der Waals surface area contributed by atoms with E-state index in [1.54, 1.807) is 43.4 Å². The van der Waals surface area contributed by atoms with Crippen LogP contribution in [0.15, 0.2) is 56.9 Å². The number of ether oxygens (including phenoxy) is 2. The summed E-state index contributed by atoms with van der Waals surface area (Å²) in [5, 5.41) is 5.64. The number of amidine groups is 1. The van der Waals surface area contributed by atoms with Crippen LogP contribution in [0.4, 0.5) is 0 Å². The smallest absolute Gasteiger partial charge is 0.308 e. The number of hydrogen-bond acceptors (Lipinski definition) is 7. The lowest BCUT2D eigenvalue weighted by atomic mass is 10.2. The third-order valence-corrected chi connectivity index (χ3v) is 5.07. The highest BCUT2D eigenvalue weighted by atomic mass is 32.2. The van der Waals surface area contributed by atoms with Crippen molar-refractivity contribution in [2.45, 2.75) is 11.8 Å². The van der Waals surface area contributed by atoms with E-state index in [1.165, 1.54) is 31.3 Å². The molecule has 0 N–H and O–H groups in total. The molecule has 1 heterocycles. The van der Waals surface area contributed by atoms with Gasteiger partial charge in [-0.15, -0.1) is 4.40 Å². The van der Waals surface area contributed by atoms with Gasteiger partial charge in [-0.05, 0) is 35.9 Å². The predicted octanol–water partition coefficient (Wildman–Crippen LogP) is 2.04. The van der Waals surface area contributed by atoms with Crippen molar-refractivity contribution in [2.75, 3.05) is 14.2 Å². The van der Waals surface area contributed by atoms with E-state index in [9.17, 15) is 13.2 Å². The van der Waals surface area contributed by atoms with E-state index < -0.39 is 16.0 Å². The van der Waals surface area contributed by atoms with Crippen LogP contribution < -0.4 is 9.47 Å². The third kappa shape index (κ3) is 3.82. The molecule has 27 heavy (non-hydrogen) atoms. The second-order valence-electron chi connectivity index (χ2n) is 5.66. The molecule has 0 unspecified atom stereocenters. The molecule has 9 heteroatoms. The minimum atomic E-state index is -3.71. The van der Waals surface area contributed by atoms with Crippen LogP contribution >= 0.6 is 0 Å². The van der Waals surface area contributed by atoms with Crippen LogP contribution in [0.2, 0.25) is 0 Å². The summed E-state index contributed by atoms with van der Waals surface area (Å²) < 4.78 is 38.3. The SMILES string of the molecule is COc1cc(/C=N\N(C)C2=NS(=O)(=O)c3ccccc32)ccc1OC(C)=O. The molecule has 0 spiro atoms. The number of rotatable bonds is 4. The van der Waals surface area contributed by atoms with Crippen molar-refractivity contribution in [3.8, 4) is 11.5 Å². The number of carbonyl (C=O) groups is 1. The van der Waals surface area contributed by atoms with Crippen molar-refractivity contribution >= 4 is 28.0 Å². The molecule has 0 amide bonds. The van der Waals surface area contributed by atoms with Crippen LogP contribution in [0.3, 0.4) is 0 Å². The molecule has 2 aromatic carbocycles. The van der Waals surface area contributed by atoms with Gasteiger partial charge in [-0.25, -0.2) is 5.01 Å². The van der Waals surface area contributed by atoms with Gasteiger partial charge in [0.25, 0.3) is 10.0 Å². The molecular formula is C18H17N3O5S. The van der Waals surface area contributed by atoms with E-state index in [0.29, 0.717) is 22.6 Å². The Morgan fingerprint density at radius 3 is 2.63 bits per heavy atom.